The first kappa shape index (κ1) is 18.3. The molecule has 28 heavy (non-hydrogen) atoms. The first-order valence-corrected chi connectivity index (χ1v) is 9.71. The third-order valence-electron chi connectivity index (χ3n) is 4.85. The Morgan fingerprint density at radius 3 is 2.93 bits per heavy atom. The topological polar surface area (TPSA) is 91.0 Å². The lowest BCUT2D eigenvalue weighted by atomic mass is 9.99. The number of thiazole rings is 1. The summed E-state index contributed by atoms with van der Waals surface area (Å²) in [6, 6.07) is 3.61. The number of halogens is 1. The van der Waals surface area contributed by atoms with Gasteiger partial charge in [0.15, 0.2) is 5.78 Å². The van der Waals surface area contributed by atoms with Gasteiger partial charge in [-0.2, -0.15) is 5.10 Å². The van der Waals surface area contributed by atoms with Crippen molar-refractivity contribution >= 4 is 28.8 Å². The molecule has 0 saturated heterocycles. The molecule has 0 fully saturated rings. The van der Waals surface area contributed by atoms with E-state index in [2.05, 4.69) is 20.5 Å². The number of benzene rings is 1. The summed E-state index contributed by atoms with van der Waals surface area (Å²) in [5.41, 5.74) is 5.55. The van der Waals surface area contributed by atoms with Gasteiger partial charge < -0.3 is 10.2 Å². The Labute approximate surface area is 164 Å². The molecule has 0 saturated carbocycles. The number of amides is 2. The molecule has 0 aliphatic carbocycles. The van der Waals surface area contributed by atoms with Crippen LogP contribution < -0.4 is 5.32 Å². The van der Waals surface area contributed by atoms with Crippen molar-refractivity contribution < 1.29 is 14.0 Å². The molecular formula is C19H18FN5O2S. The number of rotatable bonds is 3. The number of fused-ring (bicyclic) bond motifs is 1. The number of H-pyrrole nitrogens is 1. The minimum atomic E-state index is -0.604. The molecule has 0 bridgehead atoms. The summed E-state index contributed by atoms with van der Waals surface area (Å²) in [5.74, 6) is -0.997. The number of hydrogen-bond acceptors (Lipinski definition) is 5. The van der Waals surface area contributed by atoms with Gasteiger partial charge in [0.1, 0.15) is 17.2 Å². The lowest BCUT2D eigenvalue weighted by Gasteiger charge is -2.33. The molecule has 1 atom stereocenters. The van der Waals surface area contributed by atoms with Gasteiger partial charge in [0.25, 0.3) is 0 Å². The Hall–Kier alpha value is -3.07. The third kappa shape index (κ3) is 3.29. The average molecular weight is 399 g/mol. The van der Waals surface area contributed by atoms with Crippen molar-refractivity contribution in [3.05, 3.63) is 51.7 Å². The second kappa shape index (κ2) is 7.16. The number of carbonyl (C=O) groups is 2. The summed E-state index contributed by atoms with van der Waals surface area (Å²) < 4.78 is 13.7. The number of carbonyl (C=O) groups excluding carboxylic acids is 2. The van der Waals surface area contributed by atoms with Crippen molar-refractivity contribution in [2.24, 2.45) is 0 Å². The summed E-state index contributed by atoms with van der Waals surface area (Å²) in [7, 11) is 0. The number of aromatic amines is 1. The molecular weight excluding hydrogens is 381 g/mol. The molecule has 0 radical (unpaired) electrons. The van der Waals surface area contributed by atoms with E-state index in [9.17, 15) is 14.0 Å². The van der Waals surface area contributed by atoms with Crippen LogP contribution in [-0.4, -0.2) is 37.9 Å². The highest BCUT2D eigenvalue weighted by Crippen LogP contribution is 2.30. The van der Waals surface area contributed by atoms with E-state index in [0.29, 0.717) is 18.7 Å². The van der Waals surface area contributed by atoms with E-state index in [0.717, 1.165) is 22.6 Å². The zero-order chi connectivity index (χ0) is 19.8. The molecule has 3 heterocycles. The minimum absolute atomic E-state index is 0.0487. The van der Waals surface area contributed by atoms with E-state index >= 15 is 0 Å². The van der Waals surface area contributed by atoms with Crippen LogP contribution in [0.2, 0.25) is 0 Å². The third-order valence-corrected chi connectivity index (χ3v) is 5.43. The quantitative estimate of drug-likeness (QED) is 0.655. The van der Waals surface area contributed by atoms with E-state index in [1.165, 1.54) is 36.5 Å². The minimum Gasteiger partial charge on any atom is -0.317 e. The van der Waals surface area contributed by atoms with Gasteiger partial charge in [0.2, 0.25) is 0 Å². The monoisotopic (exact) mass is 399 g/mol. The lowest BCUT2D eigenvalue weighted by molar-refractivity contribution is 0.101. The number of Topliss-reactive ketones (excluding diaryl/α,β-unsaturated/α-hetero) is 1. The zero-order valence-corrected chi connectivity index (χ0v) is 16.1. The fourth-order valence-electron chi connectivity index (χ4n) is 3.35. The molecule has 0 spiro atoms. The summed E-state index contributed by atoms with van der Waals surface area (Å²) in [4.78, 5) is 30.4. The molecule has 1 aromatic carbocycles. The molecule has 1 aliphatic heterocycles. The largest absolute Gasteiger partial charge is 0.322 e. The van der Waals surface area contributed by atoms with Crippen molar-refractivity contribution in [1.82, 2.24) is 20.1 Å². The van der Waals surface area contributed by atoms with Gasteiger partial charge in [-0.1, -0.05) is 0 Å². The molecule has 7 nitrogen and oxygen atoms in total. The van der Waals surface area contributed by atoms with Gasteiger partial charge in [0, 0.05) is 34.8 Å². The SMILES string of the molecule is CC(=O)c1cc(NC(=O)N2Cc3c(-c4cscn4)n[nH]c3CC2C)ccc1F. The fraction of sp³-hybridized carbons (Fsp3) is 0.263. The van der Waals surface area contributed by atoms with Crippen LogP contribution >= 0.6 is 11.3 Å². The van der Waals surface area contributed by atoms with Crippen LogP contribution in [0.4, 0.5) is 14.9 Å². The van der Waals surface area contributed by atoms with Crippen molar-refractivity contribution in [2.75, 3.05) is 5.32 Å². The number of anilines is 1. The highest BCUT2D eigenvalue weighted by atomic mass is 32.1. The number of aromatic nitrogens is 3. The molecule has 9 heteroatoms. The Bertz CT molecular complexity index is 1050. The smallest absolute Gasteiger partial charge is 0.317 e. The maximum Gasteiger partial charge on any atom is 0.322 e. The summed E-state index contributed by atoms with van der Waals surface area (Å²) >= 11 is 1.49. The van der Waals surface area contributed by atoms with Gasteiger partial charge >= 0.3 is 6.03 Å². The van der Waals surface area contributed by atoms with E-state index in [-0.39, 0.29) is 17.6 Å². The molecule has 1 unspecified atom stereocenters. The second-order valence-electron chi connectivity index (χ2n) is 6.77. The molecule has 144 valence electrons. The average Bonchev–Trinajstić information content (AvgIpc) is 3.31. The lowest BCUT2D eigenvalue weighted by Crippen LogP contribution is -2.44. The van der Waals surface area contributed by atoms with Crippen molar-refractivity contribution in [2.45, 2.75) is 32.9 Å². The first-order valence-electron chi connectivity index (χ1n) is 8.77. The van der Waals surface area contributed by atoms with Crippen LogP contribution in [0.15, 0.2) is 29.1 Å². The van der Waals surface area contributed by atoms with Crippen LogP contribution in [-0.2, 0) is 13.0 Å². The van der Waals surface area contributed by atoms with Crippen LogP contribution in [0.25, 0.3) is 11.4 Å². The number of hydrogen-bond donors (Lipinski definition) is 2. The first-order chi connectivity index (χ1) is 13.4. The predicted octanol–water partition coefficient (Wildman–Crippen LogP) is 3.85. The van der Waals surface area contributed by atoms with E-state index in [4.69, 9.17) is 0 Å². The summed E-state index contributed by atoms with van der Waals surface area (Å²) in [5, 5.41) is 12.1. The molecule has 3 aromatic rings. The Kier molecular flexibility index (Phi) is 4.68. The number of ketones is 1. The van der Waals surface area contributed by atoms with Crippen molar-refractivity contribution in [3.63, 3.8) is 0 Å². The van der Waals surface area contributed by atoms with E-state index in [1.807, 2.05) is 12.3 Å². The molecule has 2 aromatic heterocycles. The fourth-order valence-corrected chi connectivity index (χ4v) is 3.89. The number of nitrogens with one attached hydrogen (secondary N) is 2. The Balaban J connectivity index is 1.57. The standard InChI is InChI=1S/C19H18FN5O2S/c1-10-5-16-14(18(24-23-16)17-8-28-9-21-17)7-25(10)19(27)22-12-3-4-15(20)13(6-12)11(2)26/h3-4,6,8-10H,5,7H2,1-2H3,(H,22,27)(H,23,24). The molecule has 1 aliphatic rings. The number of nitrogens with zero attached hydrogens (tertiary/aromatic N) is 3. The van der Waals surface area contributed by atoms with Crippen LogP contribution in [0.1, 0.15) is 35.5 Å². The van der Waals surface area contributed by atoms with Crippen molar-refractivity contribution in [1.29, 1.82) is 0 Å². The normalized spacial score (nSPS) is 16.0. The second-order valence-corrected chi connectivity index (χ2v) is 7.48. The molecule has 2 amide bonds. The maximum absolute atomic E-state index is 13.7. The van der Waals surface area contributed by atoms with E-state index in [1.54, 1.807) is 10.4 Å². The highest BCUT2D eigenvalue weighted by Gasteiger charge is 2.31. The Morgan fingerprint density at radius 2 is 2.21 bits per heavy atom. The van der Waals surface area contributed by atoms with Gasteiger partial charge in [-0.15, -0.1) is 11.3 Å². The van der Waals surface area contributed by atoms with Gasteiger partial charge in [-0.3, -0.25) is 9.89 Å². The van der Waals surface area contributed by atoms with Crippen LogP contribution in [0.5, 0.6) is 0 Å². The van der Waals surface area contributed by atoms with Crippen LogP contribution in [0.3, 0.4) is 0 Å². The summed E-state index contributed by atoms with van der Waals surface area (Å²) in [6.45, 7) is 3.63. The van der Waals surface area contributed by atoms with Crippen LogP contribution in [0, 0.1) is 5.82 Å². The number of urea groups is 1. The maximum atomic E-state index is 13.7. The Morgan fingerprint density at radius 1 is 1.39 bits per heavy atom. The van der Waals surface area contributed by atoms with Crippen molar-refractivity contribution in [3.8, 4) is 11.4 Å². The zero-order valence-electron chi connectivity index (χ0n) is 15.3. The van der Waals surface area contributed by atoms with Gasteiger partial charge in [-0.05, 0) is 32.0 Å². The highest BCUT2D eigenvalue weighted by molar-refractivity contribution is 7.07. The van der Waals surface area contributed by atoms with Gasteiger partial charge in [-0.25, -0.2) is 14.2 Å². The summed E-state index contributed by atoms with van der Waals surface area (Å²) in [6.07, 6.45) is 0.641. The molecule has 2 N–H and O–H groups in total. The van der Waals surface area contributed by atoms with Gasteiger partial charge in [0.05, 0.1) is 17.6 Å². The molecule has 4 rings (SSSR count). The predicted molar refractivity (Wildman–Crippen MR) is 104 cm³/mol. The van der Waals surface area contributed by atoms with E-state index < -0.39 is 11.6 Å².